The first-order chi connectivity index (χ1) is 12.5. The van der Waals surface area contributed by atoms with Crippen molar-refractivity contribution >= 4 is 33.3 Å². The topological polar surface area (TPSA) is 58.1 Å². The van der Waals surface area contributed by atoms with Gasteiger partial charge in [-0.3, -0.25) is 4.79 Å². The number of anilines is 1. The second-order valence-corrected chi connectivity index (χ2v) is 9.13. The van der Waals surface area contributed by atoms with Crippen LogP contribution in [0.2, 0.25) is 0 Å². The lowest BCUT2D eigenvalue weighted by Gasteiger charge is -2.42. The lowest BCUT2D eigenvalue weighted by atomic mass is 9.75. The monoisotopic (exact) mass is 372 g/mol. The first kappa shape index (κ1) is 17.7. The van der Waals surface area contributed by atoms with Crippen molar-refractivity contribution in [2.45, 2.75) is 58.9 Å². The Bertz CT molecular complexity index is 817. The van der Waals surface area contributed by atoms with Crippen molar-refractivity contribution in [2.75, 3.05) is 18.4 Å². The van der Waals surface area contributed by atoms with Gasteiger partial charge in [0, 0.05) is 18.0 Å². The maximum absolute atomic E-state index is 13.0. The molecule has 1 aliphatic heterocycles. The second-order valence-electron chi connectivity index (χ2n) is 7.93. The molecule has 5 nitrogen and oxygen atoms in total. The van der Waals surface area contributed by atoms with E-state index in [0.717, 1.165) is 35.0 Å². The molecule has 3 atom stereocenters. The molecule has 1 saturated carbocycles. The maximum atomic E-state index is 13.0. The Balaban J connectivity index is 1.48. The van der Waals surface area contributed by atoms with E-state index in [0.29, 0.717) is 5.92 Å². The predicted octanol–water partition coefficient (Wildman–Crippen LogP) is 4.15. The summed E-state index contributed by atoms with van der Waals surface area (Å²) in [5.74, 6) is 2.53. The molecule has 2 aromatic heterocycles. The molecule has 1 aliphatic carbocycles. The fourth-order valence-corrected chi connectivity index (χ4v) is 5.63. The fraction of sp³-hybridized carbons (Fsp3) is 0.650. The average Bonchev–Trinajstić information content (AvgIpc) is 2.95. The van der Waals surface area contributed by atoms with E-state index < -0.39 is 0 Å². The van der Waals surface area contributed by atoms with Gasteiger partial charge in [-0.25, -0.2) is 9.97 Å². The summed E-state index contributed by atoms with van der Waals surface area (Å²) in [6.07, 6.45) is 8.10. The van der Waals surface area contributed by atoms with Crippen molar-refractivity contribution < 1.29 is 4.79 Å². The number of aryl methyl sites for hydroxylation is 2. The van der Waals surface area contributed by atoms with Crippen LogP contribution in [0.15, 0.2) is 6.33 Å². The van der Waals surface area contributed by atoms with Gasteiger partial charge in [-0.05, 0) is 51.0 Å². The molecule has 0 aromatic carbocycles. The molecule has 1 N–H and O–H groups in total. The molecule has 0 spiro atoms. The van der Waals surface area contributed by atoms with Crippen LogP contribution in [0.1, 0.15) is 49.5 Å². The quantitative estimate of drug-likeness (QED) is 0.879. The van der Waals surface area contributed by atoms with E-state index in [2.05, 4.69) is 34.0 Å². The molecule has 140 valence electrons. The molecule has 0 radical (unpaired) electrons. The van der Waals surface area contributed by atoms with Gasteiger partial charge < -0.3 is 10.2 Å². The number of hydrogen-bond donors (Lipinski definition) is 1. The highest BCUT2D eigenvalue weighted by Gasteiger charge is 2.34. The molecule has 2 aliphatic rings. The average molecular weight is 373 g/mol. The summed E-state index contributed by atoms with van der Waals surface area (Å²) in [6, 6.07) is -0.271. The number of hydrogen-bond acceptors (Lipinski definition) is 5. The van der Waals surface area contributed by atoms with Crippen molar-refractivity contribution in [3.8, 4) is 0 Å². The molecule has 2 fully saturated rings. The number of piperidine rings is 1. The molecule has 3 heterocycles. The molecule has 0 unspecified atom stereocenters. The van der Waals surface area contributed by atoms with Crippen LogP contribution in [0.4, 0.5) is 5.82 Å². The number of fused-ring (bicyclic) bond motifs is 2. The van der Waals surface area contributed by atoms with Gasteiger partial charge in [0.2, 0.25) is 5.91 Å². The minimum Gasteiger partial charge on any atom is -0.358 e. The van der Waals surface area contributed by atoms with Crippen LogP contribution < -0.4 is 5.32 Å². The van der Waals surface area contributed by atoms with Crippen molar-refractivity contribution in [1.82, 2.24) is 14.9 Å². The van der Waals surface area contributed by atoms with Crippen LogP contribution in [0, 0.1) is 25.7 Å². The van der Waals surface area contributed by atoms with Crippen molar-refractivity contribution in [1.29, 1.82) is 0 Å². The van der Waals surface area contributed by atoms with E-state index >= 15 is 0 Å². The summed E-state index contributed by atoms with van der Waals surface area (Å²) in [5.41, 5.74) is 1.20. The second kappa shape index (κ2) is 7.14. The molecular weight excluding hydrogens is 344 g/mol. The number of rotatable bonds is 3. The van der Waals surface area contributed by atoms with Gasteiger partial charge in [0.1, 0.15) is 23.0 Å². The van der Waals surface area contributed by atoms with Crippen LogP contribution in [0.3, 0.4) is 0 Å². The number of carbonyl (C=O) groups excluding carboxylic acids is 1. The Hall–Kier alpha value is -1.69. The van der Waals surface area contributed by atoms with E-state index in [4.69, 9.17) is 0 Å². The van der Waals surface area contributed by atoms with Crippen LogP contribution in [-0.2, 0) is 4.79 Å². The first-order valence-corrected chi connectivity index (χ1v) is 10.6. The zero-order chi connectivity index (χ0) is 18.3. The highest BCUT2D eigenvalue weighted by molar-refractivity contribution is 7.18. The molecule has 4 rings (SSSR count). The molecule has 6 heteroatoms. The molecule has 0 bridgehead atoms. The largest absolute Gasteiger partial charge is 0.358 e. The Kier molecular flexibility index (Phi) is 4.86. The van der Waals surface area contributed by atoms with Crippen molar-refractivity contribution in [3.05, 3.63) is 16.8 Å². The Morgan fingerprint density at radius 1 is 1.23 bits per heavy atom. The molecule has 26 heavy (non-hydrogen) atoms. The minimum absolute atomic E-state index is 0.199. The fourth-order valence-electron chi connectivity index (χ4n) is 4.63. The summed E-state index contributed by atoms with van der Waals surface area (Å²) < 4.78 is 0. The van der Waals surface area contributed by atoms with E-state index in [-0.39, 0.29) is 11.9 Å². The van der Waals surface area contributed by atoms with Crippen LogP contribution in [0.25, 0.3) is 10.2 Å². The Labute approximate surface area is 159 Å². The smallest absolute Gasteiger partial charge is 0.244 e. The summed E-state index contributed by atoms with van der Waals surface area (Å²) in [4.78, 5) is 26.2. The number of nitrogens with one attached hydrogen (secondary N) is 1. The van der Waals surface area contributed by atoms with Crippen LogP contribution >= 0.6 is 11.3 Å². The number of nitrogens with zero attached hydrogens (tertiary/aromatic N) is 3. The summed E-state index contributed by atoms with van der Waals surface area (Å²) >= 11 is 1.68. The number of amides is 1. The normalized spacial score (nSPS) is 24.3. The zero-order valence-electron chi connectivity index (χ0n) is 15.9. The highest BCUT2D eigenvalue weighted by Crippen LogP contribution is 2.36. The summed E-state index contributed by atoms with van der Waals surface area (Å²) in [7, 11) is 0. The van der Waals surface area contributed by atoms with E-state index in [1.54, 1.807) is 17.7 Å². The van der Waals surface area contributed by atoms with Gasteiger partial charge in [-0.15, -0.1) is 11.3 Å². The number of carbonyl (C=O) groups is 1. The number of likely N-dealkylation sites (tertiary alicyclic amines) is 1. The van der Waals surface area contributed by atoms with Crippen LogP contribution in [0.5, 0.6) is 0 Å². The summed E-state index contributed by atoms with van der Waals surface area (Å²) in [6.45, 7) is 8.00. The maximum Gasteiger partial charge on any atom is 0.244 e. The summed E-state index contributed by atoms with van der Waals surface area (Å²) in [5, 5.41) is 4.43. The van der Waals surface area contributed by atoms with Gasteiger partial charge in [-0.1, -0.05) is 19.3 Å². The molecule has 1 saturated heterocycles. The highest BCUT2D eigenvalue weighted by atomic mass is 32.1. The zero-order valence-corrected chi connectivity index (χ0v) is 16.7. The first-order valence-electron chi connectivity index (χ1n) is 9.80. The van der Waals surface area contributed by atoms with Gasteiger partial charge in [-0.2, -0.15) is 0 Å². The molecule has 1 amide bonds. The van der Waals surface area contributed by atoms with Crippen molar-refractivity contribution in [3.63, 3.8) is 0 Å². The van der Waals surface area contributed by atoms with E-state index in [1.165, 1.54) is 42.5 Å². The van der Waals surface area contributed by atoms with Gasteiger partial charge in [0.25, 0.3) is 0 Å². The predicted molar refractivity (Wildman–Crippen MR) is 107 cm³/mol. The lowest BCUT2D eigenvalue weighted by Crippen LogP contribution is -2.49. The lowest BCUT2D eigenvalue weighted by molar-refractivity contribution is -0.134. The number of thiophene rings is 1. The third-order valence-electron chi connectivity index (χ3n) is 6.29. The van der Waals surface area contributed by atoms with Gasteiger partial charge in [0.05, 0.1) is 5.39 Å². The third-order valence-corrected chi connectivity index (χ3v) is 7.41. The SMILES string of the molecule is Cc1sc2ncnc(N[C@@H](C)C(=O)N3CC[C@H]4CCCC[C@@H]4C3)c2c1C. The van der Waals surface area contributed by atoms with E-state index in [1.807, 2.05) is 6.92 Å². The Morgan fingerprint density at radius 2 is 2.00 bits per heavy atom. The Morgan fingerprint density at radius 3 is 2.81 bits per heavy atom. The molecular formula is C20H28N4OS. The van der Waals surface area contributed by atoms with Crippen LogP contribution in [-0.4, -0.2) is 39.9 Å². The van der Waals surface area contributed by atoms with E-state index in [9.17, 15) is 4.79 Å². The minimum atomic E-state index is -0.271. The van der Waals surface area contributed by atoms with Gasteiger partial charge >= 0.3 is 0 Å². The standard InChI is InChI=1S/C20H28N4OS/c1-12-14(3)26-19-17(12)18(21-11-22-19)23-13(2)20(25)24-9-8-15-6-4-5-7-16(15)10-24/h11,13,15-16H,4-10H2,1-3H3,(H,21,22,23)/t13-,15+,16+/m0/s1. The van der Waals surface area contributed by atoms with Gasteiger partial charge in [0.15, 0.2) is 0 Å². The third kappa shape index (κ3) is 3.20. The molecule has 2 aromatic rings. The number of aromatic nitrogens is 2. The van der Waals surface area contributed by atoms with Crippen molar-refractivity contribution in [2.24, 2.45) is 11.8 Å².